The summed E-state index contributed by atoms with van der Waals surface area (Å²) in [5.41, 5.74) is 0.618. The Morgan fingerprint density at radius 2 is 2.09 bits per heavy atom. The molecule has 1 aromatic heterocycles. The molecule has 8 nitrogen and oxygen atoms in total. The van der Waals surface area contributed by atoms with Crippen molar-refractivity contribution in [3.05, 3.63) is 36.2 Å². The first kappa shape index (κ1) is 15.5. The molecule has 1 N–H and O–H groups in total. The van der Waals surface area contributed by atoms with Crippen molar-refractivity contribution in [2.24, 2.45) is 0 Å². The first-order chi connectivity index (χ1) is 10.6. The van der Waals surface area contributed by atoms with E-state index < -0.39 is 5.97 Å². The Balaban J connectivity index is 2.01. The van der Waals surface area contributed by atoms with E-state index in [9.17, 15) is 9.59 Å². The second-order valence-electron chi connectivity index (χ2n) is 4.27. The summed E-state index contributed by atoms with van der Waals surface area (Å²) in [6.07, 6.45) is 1.35. The van der Waals surface area contributed by atoms with Gasteiger partial charge >= 0.3 is 5.97 Å². The number of nitrogens with one attached hydrogen (secondary N) is 1. The fourth-order valence-corrected chi connectivity index (χ4v) is 1.76. The van der Waals surface area contributed by atoms with Crippen molar-refractivity contribution < 1.29 is 19.1 Å². The summed E-state index contributed by atoms with van der Waals surface area (Å²) in [5.74, 6) is -0.325. The van der Waals surface area contributed by atoms with E-state index in [1.54, 1.807) is 18.2 Å². The molecule has 0 aliphatic heterocycles. The lowest BCUT2D eigenvalue weighted by atomic mass is 10.3. The molecule has 0 atom stereocenters. The molecule has 2 aromatic rings. The minimum atomic E-state index is -0.603. The van der Waals surface area contributed by atoms with Crippen molar-refractivity contribution in [2.75, 3.05) is 19.0 Å². The van der Waals surface area contributed by atoms with Gasteiger partial charge in [-0.2, -0.15) is 0 Å². The number of hydrogen-bond donors (Lipinski definition) is 1. The Morgan fingerprint density at radius 3 is 2.82 bits per heavy atom. The Kier molecular flexibility index (Phi) is 5.07. The third kappa shape index (κ3) is 3.81. The van der Waals surface area contributed by atoms with Gasteiger partial charge in [0.25, 0.3) is 0 Å². The second kappa shape index (κ2) is 7.21. The standard InChI is InChI=1S/C14H16N4O4/c1-3-22-12-7-5-4-6-10(12)15-13(19)9-18-8-11(16-17-18)14(20)21-2/h4-8H,3,9H2,1-2H3,(H,15,19). The number of anilines is 1. The number of methoxy groups -OCH3 is 1. The highest BCUT2D eigenvalue weighted by molar-refractivity contribution is 5.92. The molecule has 0 aliphatic carbocycles. The van der Waals surface area contributed by atoms with Gasteiger partial charge in [0.15, 0.2) is 5.69 Å². The van der Waals surface area contributed by atoms with Gasteiger partial charge in [0.05, 0.1) is 25.6 Å². The zero-order valence-corrected chi connectivity index (χ0v) is 12.3. The summed E-state index contributed by atoms with van der Waals surface area (Å²) < 4.78 is 11.2. The van der Waals surface area contributed by atoms with Crippen molar-refractivity contribution in [2.45, 2.75) is 13.5 Å². The zero-order chi connectivity index (χ0) is 15.9. The first-order valence-electron chi connectivity index (χ1n) is 6.64. The molecule has 0 bridgehead atoms. The molecule has 116 valence electrons. The molecule has 1 aromatic carbocycles. The number of ether oxygens (including phenoxy) is 2. The van der Waals surface area contributed by atoms with Gasteiger partial charge in [0.1, 0.15) is 12.3 Å². The average Bonchev–Trinajstić information content (AvgIpc) is 2.97. The number of rotatable bonds is 6. The van der Waals surface area contributed by atoms with Gasteiger partial charge in [-0.25, -0.2) is 9.48 Å². The summed E-state index contributed by atoms with van der Waals surface area (Å²) in [7, 11) is 1.25. The number of nitrogens with zero attached hydrogens (tertiary/aromatic N) is 3. The Bertz CT molecular complexity index is 668. The predicted molar refractivity (Wildman–Crippen MR) is 77.6 cm³/mol. The van der Waals surface area contributed by atoms with E-state index in [4.69, 9.17) is 4.74 Å². The molecule has 2 rings (SSSR count). The lowest BCUT2D eigenvalue weighted by Crippen LogP contribution is -2.19. The minimum absolute atomic E-state index is 0.0463. The zero-order valence-electron chi connectivity index (χ0n) is 12.3. The summed E-state index contributed by atoms with van der Waals surface area (Å²) in [6, 6.07) is 7.12. The van der Waals surface area contributed by atoms with Crippen molar-refractivity contribution in [3.63, 3.8) is 0 Å². The van der Waals surface area contributed by atoms with Crippen LogP contribution in [0.2, 0.25) is 0 Å². The smallest absolute Gasteiger partial charge is 0.360 e. The van der Waals surface area contributed by atoms with Crippen LogP contribution in [0, 0.1) is 0 Å². The summed E-state index contributed by atoms with van der Waals surface area (Å²) in [6.45, 7) is 2.28. The number of hydrogen-bond acceptors (Lipinski definition) is 6. The van der Waals surface area contributed by atoms with Gasteiger partial charge < -0.3 is 14.8 Å². The SMILES string of the molecule is CCOc1ccccc1NC(=O)Cn1cc(C(=O)OC)nn1. The van der Waals surface area contributed by atoms with E-state index in [-0.39, 0.29) is 18.1 Å². The quantitative estimate of drug-likeness (QED) is 0.803. The highest BCUT2D eigenvalue weighted by Crippen LogP contribution is 2.23. The van der Waals surface area contributed by atoms with E-state index in [0.29, 0.717) is 18.0 Å². The van der Waals surface area contributed by atoms with E-state index in [0.717, 1.165) is 0 Å². The van der Waals surface area contributed by atoms with Crippen LogP contribution in [-0.2, 0) is 16.1 Å². The molecular weight excluding hydrogens is 288 g/mol. The van der Waals surface area contributed by atoms with Gasteiger partial charge in [-0.05, 0) is 19.1 Å². The average molecular weight is 304 g/mol. The number of carbonyl (C=O) groups is 2. The Morgan fingerprint density at radius 1 is 1.32 bits per heavy atom. The van der Waals surface area contributed by atoms with Crippen molar-refractivity contribution in [3.8, 4) is 5.75 Å². The second-order valence-corrected chi connectivity index (χ2v) is 4.27. The van der Waals surface area contributed by atoms with E-state index >= 15 is 0 Å². The van der Waals surface area contributed by atoms with Crippen molar-refractivity contribution in [1.82, 2.24) is 15.0 Å². The van der Waals surface area contributed by atoms with E-state index in [2.05, 4.69) is 20.4 Å². The van der Waals surface area contributed by atoms with Crippen LogP contribution in [0.3, 0.4) is 0 Å². The molecule has 0 aliphatic rings. The monoisotopic (exact) mass is 304 g/mol. The minimum Gasteiger partial charge on any atom is -0.492 e. The molecule has 8 heteroatoms. The third-order valence-corrected chi connectivity index (χ3v) is 2.70. The summed E-state index contributed by atoms with van der Waals surface area (Å²) >= 11 is 0. The van der Waals surface area contributed by atoms with Crippen molar-refractivity contribution >= 4 is 17.6 Å². The molecule has 1 heterocycles. The van der Waals surface area contributed by atoms with E-state index in [1.807, 2.05) is 13.0 Å². The molecule has 0 saturated carbocycles. The highest BCUT2D eigenvalue weighted by Gasteiger charge is 2.13. The fourth-order valence-electron chi connectivity index (χ4n) is 1.76. The van der Waals surface area contributed by atoms with Crippen molar-refractivity contribution in [1.29, 1.82) is 0 Å². The van der Waals surface area contributed by atoms with Crippen LogP contribution in [0.5, 0.6) is 5.75 Å². The van der Waals surface area contributed by atoms with Gasteiger partial charge in [-0.1, -0.05) is 17.3 Å². The van der Waals surface area contributed by atoms with Crippen LogP contribution >= 0.6 is 0 Å². The fraction of sp³-hybridized carbons (Fsp3) is 0.286. The molecule has 1 amide bonds. The number of aromatic nitrogens is 3. The maximum atomic E-state index is 12.0. The summed E-state index contributed by atoms with van der Waals surface area (Å²) in [5, 5.41) is 10.1. The molecule has 0 radical (unpaired) electrons. The summed E-state index contributed by atoms with van der Waals surface area (Å²) in [4.78, 5) is 23.3. The normalized spacial score (nSPS) is 10.1. The number of carbonyl (C=O) groups excluding carboxylic acids is 2. The number of amides is 1. The molecule has 0 unspecified atom stereocenters. The molecule has 0 saturated heterocycles. The van der Waals surface area contributed by atoms with Crippen LogP contribution in [-0.4, -0.2) is 40.6 Å². The molecule has 0 fully saturated rings. The van der Waals surface area contributed by atoms with Gasteiger partial charge in [-0.15, -0.1) is 5.10 Å². The van der Waals surface area contributed by atoms with Crippen LogP contribution in [0.25, 0.3) is 0 Å². The predicted octanol–water partition coefficient (Wildman–Crippen LogP) is 1.10. The topological polar surface area (TPSA) is 95.3 Å². The largest absolute Gasteiger partial charge is 0.492 e. The Labute approximate surface area is 127 Å². The molecular formula is C14H16N4O4. The first-order valence-corrected chi connectivity index (χ1v) is 6.64. The van der Waals surface area contributed by atoms with Gasteiger partial charge in [-0.3, -0.25) is 4.79 Å². The van der Waals surface area contributed by atoms with Crippen LogP contribution in [0.15, 0.2) is 30.5 Å². The molecule has 22 heavy (non-hydrogen) atoms. The third-order valence-electron chi connectivity index (χ3n) is 2.70. The van der Waals surface area contributed by atoms with Gasteiger partial charge in [0.2, 0.25) is 5.91 Å². The van der Waals surface area contributed by atoms with Crippen LogP contribution in [0.4, 0.5) is 5.69 Å². The number of para-hydroxylation sites is 2. The maximum Gasteiger partial charge on any atom is 0.360 e. The van der Waals surface area contributed by atoms with Gasteiger partial charge in [0, 0.05) is 0 Å². The lowest BCUT2D eigenvalue weighted by molar-refractivity contribution is -0.116. The highest BCUT2D eigenvalue weighted by atomic mass is 16.5. The lowest BCUT2D eigenvalue weighted by Gasteiger charge is -2.10. The number of benzene rings is 1. The number of esters is 1. The van der Waals surface area contributed by atoms with Crippen LogP contribution < -0.4 is 10.1 Å². The van der Waals surface area contributed by atoms with Crippen LogP contribution in [0.1, 0.15) is 17.4 Å². The maximum absolute atomic E-state index is 12.0. The van der Waals surface area contributed by atoms with E-state index in [1.165, 1.54) is 18.0 Å². The Hall–Kier alpha value is -2.90. The molecule has 0 spiro atoms.